The highest BCUT2D eigenvalue weighted by Gasteiger charge is 2.16. The highest BCUT2D eigenvalue weighted by Crippen LogP contribution is 2.21. The van der Waals surface area contributed by atoms with Crippen LogP contribution in [0.2, 0.25) is 5.02 Å². The van der Waals surface area contributed by atoms with E-state index >= 15 is 0 Å². The van der Waals surface area contributed by atoms with Crippen molar-refractivity contribution in [1.82, 2.24) is 9.88 Å². The molecule has 2 N–H and O–H groups in total. The van der Waals surface area contributed by atoms with Crippen LogP contribution in [0.3, 0.4) is 0 Å². The van der Waals surface area contributed by atoms with Crippen LogP contribution in [0.1, 0.15) is 43.1 Å². The fourth-order valence-electron chi connectivity index (χ4n) is 3.12. The van der Waals surface area contributed by atoms with E-state index in [0.717, 1.165) is 25.9 Å². The van der Waals surface area contributed by atoms with Gasteiger partial charge >= 0.3 is 6.03 Å². The lowest BCUT2D eigenvalue weighted by Gasteiger charge is -2.20. The standard InChI is InChI=1S/C21H25ClN4O3/c1-2-29-18-12-11-17(22)19(25-18)20(27)23-15-7-9-16(10-8-15)24-21(28)26-13-5-3-4-6-14-26/h7-12H,2-6,13-14H2,1H3,(H,23,27)(H,24,28). The van der Waals surface area contributed by atoms with E-state index in [0.29, 0.717) is 23.9 Å². The van der Waals surface area contributed by atoms with Gasteiger partial charge in [-0.2, -0.15) is 0 Å². The molecule has 1 aromatic heterocycles. The van der Waals surface area contributed by atoms with Gasteiger partial charge in [-0.25, -0.2) is 9.78 Å². The zero-order valence-corrected chi connectivity index (χ0v) is 17.2. The molecule has 8 heteroatoms. The highest BCUT2D eigenvalue weighted by atomic mass is 35.5. The second kappa shape index (κ2) is 10.1. The Kier molecular flexibility index (Phi) is 7.30. The van der Waals surface area contributed by atoms with Crippen LogP contribution in [-0.2, 0) is 0 Å². The van der Waals surface area contributed by atoms with Gasteiger partial charge in [0.2, 0.25) is 5.88 Å². The summed E-state index contributed by atoms with van der Waals surface area (Å²) in [5.41, 5.74) is 1.34. The van der Waals surface area contributed by atoms with Crippen LogP contribution in [-0.4, -0.2) is 41.5 Å². The van der Waals surface area contributed by atoms with Gasteiger partial charge in [0.05, 0.1) is 11.6 Å². The van der Waals surface area contributed by atoms with Crippen LogP contribution in [0.25, 0.3) is 0 Å². The molecule has 7 nitrogen and oxygen atoms in total. The first-order chi connectivity index (χ1) is 14.1. The van der Waals surface area contributed by atoms with E-state index in [1.54, 1.807) is 36.4 Å². The van der Waals surface area contributed by atoms with Gasteiger partial charge in [-0.05, 0) is 50.1 Å². The highest BCUT2D eigenvalue weighted by molar-refractivity contribution is 6.34. The summed E-state index contributed by atoms with van der Waals surface area (Å²) in [6.07, 6.45) is 4.42. The Morgan fingerprint density at radius 1 is 1.00 bits per heavy atom. The summed E-state index contributed by atoms with van der Waals surface area (Å²) in [6, 6.07) is 10.0. The minimum absolute atomic E-state index is 0.0904. The molecule has 3 amide bonds. The summed E-state index contributed by atoms with van der Waals surface area (Å²) in [5, 5.41) is 5.91. The van der Waals surface area contributed by atoms with Crippen LogP contribution in [0.4, 0.5) is 16.2 Å². The summed E-state index contributed by atoms with van der Waals surface area (Å²) in [5.74, 6) is -0.0912. The van der Waals surface area contributed by atoms with Gasteiger partial charge in [-0.1, -0.05) is 24.4 Å². The molecule has 0 spiro atoms. The Morgan fingerprint density at radius 3 is 2.24 bits per heavy atom. The molecule has 0 saturated carbocycles. The molecule has 2 aromatic rings. The molecular formula is C21H25ClN4O3. The molecule has 1 aliphatic heterocycles. The molecule has 1 fully saturated rings. The van der Waals surface area contributed by atoms with Crippen LogP contribution in [0, 0.1) is 0 Å². The number of carbonyl (C=O) groups is 2. The summed E-state index contributed by atoms with van der Waals surface area (Å²) < 4.78 is 5.32. The fraction of sp³-hybridized carbons (Fsp3) is 0.381. The molecule has 154 valence electrons. The quantitative estimate of drug-likeness (QED) is 0.733. The number of benzene rings is 1. The molecular weight excluding hydrogens is 392 g/mol. The monoisotopic (exact) mass is 416 g/mol. The van der Waals surface area contributed by atoms with Crippen LogP contribution < -0.4 is 15.4 Å². The number of hydrogen-bond acceptors (Lipinski definition) is 4. The number of aromatic nitrogens is 1. The van der Waals surface area contributed by atoms with Crippen molar-refractivity contribution in [3.63, 3.8) is 0 Å². The smallest absolute Gasteiger partial charge is 0.321 e. The number of nitrogens with zero attached hydrogens (tertiary/aromatic N) is 2. The lowest BCUT2D eigenvalue weighted by Crippen LogP contribution is -2.35. The van der Waals surface area contributed by atoms with Crippen molar-refractivity contribution in [2.24, 2.45) is 0 Å². The Hall–Kier alpha value is -2.80. The third kappa shape index (κ3) is 5.84. The van der Waals surface area contributed by atoms with E-state index in [9.17, 15) is 9.59 Å². The number of hydrogen-bond donors (Lipinski definition) is 2. The predicted octanol–water partition coefficient (Wildman–Crippen LogP) is 4.79. The number of carbonyl (C=O) groups excluding carboxylic acids is 2. The number of urea groups is 1. The van der Waals surface area contributed by atoms with E-state index in [1.165, 1.54) is 12.8 Å². The SMILES string of the molecule is CCOc1ccc(Cl)c(C(=O)Nc2ccc(NC(=O)N3CCCCCC3)cc2)n1. The van der Waals surface area contributed by atoms with Crippen molar-refractivity contribution in [2.45, 2.75) is 32.6 Å². The number of ether oxygens (including phenoxy) is 1. The van der Waals surface area contributed by atoms with Crippen LogP contribution in [0.5, 0.6) is 5.88 Å². The third-order valence-electron chi connectivity index (χ3n) is 4.62. The summed E-state index contributed by atoms with van der Waals surface area (Å²) in [4.78, 5) is 30.9. The minimum Gasteiger partial charge on any atom is -0.478 e. The van der Waals surface area contributed by atoms with Gasteiger partial charge < -0.3 is 20.3 Å². The first-order valence-electron chi connectivity index (χ1n) is 9.83. The predicted molar refractivity (Wildman–Crippen MR) is 114 cm³/mol. The zero-order valence-electron chi connectivity index (χ0n) is 16.4. The van der Waals surface area contributed by atoms with Gasteiger partial charge in [-0.3, -0.25) is 4.79 Å². The molecule has 3 rings (SSSR count). The number of amides is 3. The summed E-state index contributed by atoms with van der Waals surface area (Å²) >= 11 is 6.09. The Morgan fingerprint density at radius 2 is 1.62 bits per heavy atom. The number of anilines is 2. The molecule has 1 saturated heterocycles. The molecule has 2 heterocycles. The molecule has 0 radical (unpaired) electrons. The average Bonchev–Trinajstić information content (AvgIpc) is 3.01. The fourth-order valence-corrected chi connectivity index (χ4v) is 3.31. The molecule has 1 aliphatic rings. The van der Waals surface area contributed by atoms with E-state index in [1.807, 2.05) is 11.8 Å². The molecule has 1 aromatic carbocycles. The Bertz CT molecular complexity index is 850. The maximum atomic E-state index is 12.5. The van der Waals surface area contributed by atoms with Gasteiger partial charge in [0.25, 0.3) is 5.91 Å². The molecule has 0 bridgehead atoms. The molecule has 0 atom stereocenters. The first kappa shape index (κ1) is 20.9. The Labute approximate surface area is 175 Å². The zero-order chi connectivity index (χ0) is 20.6. The largest absolute Gasteiger partial charge is 0.478 e. The molecule has 29 heavy (non-hydrogen) atoms. The molecule has 0 aliphatic carbocycles. The minimum atomic E-state index is -0.432. The Balaban J connectivity index is 1.61. The second-order valence-electron chi connectivity index (χ2n) is 6.78. The number of halogens is 1. The van der Waals surface area contributed by atoms with Crippen molar-refractivity contribution in [3.05, 3.63) is 47.1 Å². The van der Waals surface area contributed by atoms with Gasteiger partial charge in [-0.15, -0.1) is 0 Å². The van der Waals surface area contributed by atoms with Crippen molar-refractivity contribution in [2.75, 3.05) is 30.3 Å². The summed E-state index contributed by atoms with van der Waals surface area (Å²) in [6.45, 7) is 3.85. The van der Waals surface area contributed by atoms with E-state index in [4.69, 9.17) is 16.3 Å². The van der Waals surface area contributed by atoms with Crippen molar-refractivity contribution < 1.29 is 14.3 Å². The molecule has 0 unspecified atom stereocenters. The maximum absolute atomic E-state index is 12.5. The van der Waals surface area contributed by atoms with Gasteiger partial charge in [0.15, 0.2) is 5.69 Å². The third-order valence-corrected chi connectivity index (χ3v) is 4.92. The van der Waals surface area contributed by atoms with Crippen LogP contribution in [0.15, 0.2) is 36.4 Å². The second-order valence-corrected chi connectivity index (χ2v) is 7.18. The summed E-state index contributed by atoms with van der Waals surface area (Å²) in [7, 11) is 0. The number of nitrogens with one attached hydrogen (secondary N) is 2. The van der Waals surface area contributed by atoms with E-state index in [-0.39, 0.29) is 16.7 Å². The normalized spacial score (nSPS) is 14.1. The number of pyridine rings is 1. The topological polar surface area (TPSA) is 83.6 Å². The van der Waals surface area contributed by atoms with Crippen molar-refractivity contribution in [1.29, 1.82) is 0 Å². The number of rotatable bonds is 5. The lowest BCUT2D eigenvalue weighted by atomic mass is 10.2. The van der Waals surface area contributed by atoms with Gasteiger partial charge in [0.1, 0.15) is 0 Å². The van der Waals surface area contributed by atoms with Gasteiger partial charge in [0, 0.05) is 30.5 Å². The van der Waals surface area contributed by atoms with E-state index < -0.39 is 5.91 Å². The lowest BCUT2D eigenvalue weighted by molar-refractivity contribution is 0.102. The number of likely N-dealkylation sites (tertiary alicyclic amines) is 1. The maximum Gasteiger partial charge on any atom is 0.321 e. The van der Waals surface area contributed by atoms with Crippen molar-refractivity contribution >= 4 is 34.9 Å². The van der Waals surface area contributed by atoms with E-state index in [2.05, 4.69) is 15.6 Å². The van der Waals surface area contributed by atoms with Crippen LogP contribution >= 0.6 is 11.6 Å². The average molecular weight is 417 g/mol. The van der Waals surface area contributed by atoms with Crippen molar-refractivity contribution in [3.8, 4) is 5.88 Å². The first-order valence-corrected chi connectivity index (χ1v) is 10.2.